The third-order valence-corrected chi connectivity index (χ3v) is 1.63. The second kappa shape index (κ2) is 8.75. The Labute approximate surface area is 75.5 Å². The minimum absolute atomic E-state index is 0.573. The molecule has 2 nitrogen and oxygen atoms in total. The number of hydrogen-bond donors (Lipinski definition) is 0. The third-order valence-electron chi connectivity index (χ3n) is 1.63. The van der Waals surface area contributed by atoms with E-state index >= 15 is 0 Å². The summed E-state index contributed by atoms with van der Waals surface area (Å²) in [6, 6.07) is 0. The van der Waals surface area contributed by atoms with Crippen LogP contribution in [0.4, 0.5) is 0 Å². The summed E-state index contributed by atoms with van der Waals surface area (Å²) < 4.78 is 0. The number of unbranched alkanes of at least 4 members (excludes halogenated alkanes) is 1. The van der Waals surface area contributed by atoms with Crippen molar-refractivity contribution in [2.75, 3.05) is 13.2 Å². The molecule has 0 fully saturated rings. The van der Waals surface area contributed by atoms with Crippen LogP contribution < -0.4 is 0 Å². The summed E-state index contributed by atoms with van der Waals surface area (Å²) in [7, 11) is 0. The zero-order valence-corrected chi connectivity index (χ0v) is 8.43. The molecule has 0 bridgehead atoms. The van der Waals surface area contributed by atoms with Crippen molar-refractivity contribution in [1.29, 1.82) is 0 Å². The van der Waals surface area contributed by atoms with Gasteiger partial charge in [-0.25, -0.2) is 9.78 Å². The van der Waals surface area contributed by atoms with E-state index in [0.29, 0.717) is 13.2 Å². The van der Waals surface area contributed by atoms with E-state index in [-0.39, 0.29) is 0 Å². The van der Waals surface area contributed by atoms with Crippen molar-refractivity contribution in [3.8, 4) is 0 Å². The van der Waals surface area contributed by atoms with Crippen LogP contribution in [-0.4, -0.2) is 13.2 Å². The van der Waals surface area contributed by atoms with E-state index in [1.165, 1.54) is 24.8 Å². The monoisotopic (exact) mass is 172 g/mol. The lowest BCUT2D eigenvalue weighted by Crippen LogP contribution is -1.93. The average Bonchev–Trinajstić information content (AvgIpc) is 2.09. The predicted molar refractivity (Wildman–Crippen MR) is 50.9 cm³/mol. The highest BCUT2D eigenvalue weighted by Gasteiger charge is 1.88. The smallest absolute Gasteiger partial charge is 0.101 e. The van der Waals surface area contributed by atoms with Crippen LogP contribution in [0.25, 0.3) is 0 Å². The molecule has 72 valence electrons. The Morgan fingerprint density at radius 1 is 1.25 bits per heavy atom. The quantitative estimate of drug-likeness (QED) is 0.254. The Hall–Kier alpha value is -0.340. The van der Waals surface area contributed by atoms with Crippen LogP contribution in [0.2, 0.25) is 0 Å². The molecular weight excluding hydrogens is 152 g/mol. The first-order valence-corrected chi connectivity index (χ1v) is 4.71. The maximum atomic E-state index is 4.86. The molecule has 0 heterocycles. The van der Waals surface area contributed by atoms with Crippen LogP contribution in [-0.2, 0) is 9.78 Å². The fourth-order valence-corrected chi connectivity index (χ4v) is 0.865. The normalized spacial score (nSPS) is 12.1. The minimum Gasteiger partial charge on any atom is -0.237 e. The Kier molecular flexibility index (Phi) is 8.51. The molecule has 0 rings (SSSR count). The van der Waals surface area contributed by atoms with E-state index < -0.39 is 0 Å². The van der Waals surface area contributed by atoms with Gasteiger partial charge >= 0.3 is 0 Å². The summed E-state index contributed by atoms with van der Waals surface area (Å²) in [5.41, 5.74) is 1.39. The molecule has 0 aliphatic heterocycles. The van der Waals surface area contributed by atoms with Crippen LogP contribution in [0.3, 0.4) is 0 Å². The standard InChI is InChI=1S/C10H20O2/c1-4-6-7-10(3)8-9-12-11-5-2/h8H,4-7,9H2,1-3H3/b10-8+. The molecule has 0 saturated carbocycles. The van der Waals surface area contributed by atoms with E-state index in [0.717, 1.165) is 0 Å². The molecule has 0 unspecified atom stereocenters. The van der Waals surface area contributed by atoms with Gasteiger partial charge in [0.25, 0.3) is 0 Å². The highest BCUT2D eigenvalue weighted by Crippen LogP contribution is 2.05. The van der Waals surface area contributed by atoms with Gasteiger partial charge in [-0.05, 0) is 26.7 Å². The Morgan fingerprint density at radius 3 is 2.58 bits per heavy atom. The van der Waals surface area contributed by atoms with Gasteiger partial charge in [0, 0.05) is 0 Å². The van der Waals surface area contributed by atoms with Gasteiger partial charge in [-0.3, -0.25) is 0 Å². The number of allylic oxidation sites excluding steroid dienone is 1. The van der Waals surface area contributed by atoms with Gasteiger partial charge in [-0.2, -0.15) is 0 Å². The average molecular weight is 172 g/mol. The van der Waals surface area contributed by atoms with E-state index in [9.17, 15) is 0 Å². The van der Waals surface area contributed by atoms with Crippen molar-refractivity contribution < 1.29 is 9.78 Å². The molecule has 12 heavy (non-hydrogen) atoms. The van der Waals surface area contributed by atoms with E-state index in [2.05, 4.69) is 19.9 Å². The first kappa shape index (κ1) is 11.7. The van der Waals surface area contributed by atoms with Crippen LogP contribution in [0, 0.1) is 0 Å². The molecule has 0 aromatic carbocycles. The van der Waals surface area contributed by atoms with E-state index in [1.54, 1.807) is 0 Å². The van der Waals surface area contributed by atoms with Gasteiger partial charge < -0.3 is 0 Å². The van der Waals surface area contributed by atoms with Gasteiger partial charge in [0.2, 0.25) is 0 Å². The van der Waals surface area contributed by atoms with Gasteiger partial charge in [-0.1, -0.05) is 25.0 Å². The lowest BCUT2D eigenvalue weighted by Gasteiger charge is -2.00. The number of hydrogen-bond acceptors (Lipinski definition) is 2. The zero-order chi connectivity index (χ0) is 9.23. The maximum absolute atomic E-state index is 4.86. The minimum atomic E-state index is 0.573. The second-order valence-electron chi connectivity index (χ2n) is 2.85. The highest BCUT2D eigenvalue weighted by atomic mass is 17.2. The predicted octanol–water partition coefficient (Wildman–Crippen LogP) is 3.09. The molecule has 0 saturated heterocycles. The fourth-order valence-electron chi connectivity index (χ4n) is 0.865. The van der Waals surface area contributed by atoms with Crippen LogP contribution >= 0.6 is 0 Å². The molecule has 0 N–H and O–H groups in total. The lowest BCUT2D eigenvalue weighted by molar-refractivity contribution is -0.282. The Morgan fingerprint density at radius 2 is 2.00 bits per heavy atom. The molecule has 0 aromatic heterocycles. The Bertz CT molecular complexity index is 119. The molecule has 0 aliphatic rings. The van der Waals surface area contributed by atoms with E-state index in [1.807, 2.05) is 6.92 Å². The maximum Gasteiger partial charge on any atom is 0.101 e. The molecule has 0 radical (unpaired) electrons. The fraction of sp³-hybridized carbons (Fsp3) is 0.800. The van der Waals surface area contributed by atoms with Crippen LogP contribution in [0.1, 0.15) is 40.0 Å². The lowest BCUT2D eigenvalue weighted by atomic mass is 10.1. The first-order valence-electron chi connectivity index (χ1n) is 4.71. The van der Waals surface area contributed by atoms with Crippen LogP contribution in [0.15, 0.2) is 11.6 Å². The number of rotatable bonds is 7. The van der Waals surface area contributed by atoms with Crippen molar-refractivity contribution in [3.63, 3.8) is 0 Å². The zero-order valence-electron chi connectivity index (χ0n) is 8.43. The largest absolute Gasteiger partial charge is 0.237 e. The molecular formula is C10H20O2. The molecule has 0 amide bonds. The Balaban J connectivity index is 3.28. The van der Waals surface area contributed by atoms with Crippen molar-refractivity contribution in [3.05, 3.63) is 11.6 Å². The van der Waals surface area contributed by atoms with Gasteiger partial charge in [0.15, 0.2) is 0 Å². The summed E-state index contributed by atoms with van der Waals surface area (Å²) in [5, 5.41) is 0. The van der Waals surface area contributed by atoms with Crippen molar-refractivity contribution in [2.45, 2.75) is 40.0 Å². The van der Waals surface area contributed by atoms with Gasteiger partial charge in [0.05, 0.1) is 6.61 Å². The molecule has 0 aromatic rings. The first-order chi connectivity index (χ1) is 5.81. The molecule has 0 spiro atoms. The van der Waals surface area contributed by atoms with Crippen molar-refractivity contribution in [2.24, 2.45) is 0 Å². The highest BCUT2D eigenvalue weighted by molar-refractivity contribution is 4.97. The third kappa shape index (κ3) is 7.76. The summed E-state index contributed by atoms with van der Waals surface area (Å²) in [6.07, 6.45) is 5.76. The van der Waals surface area contributed by atoms with Crippen molar-refractivity contribution >= 4 is 0 Å². The van der Waals surface area contributed by atoms with Crippen molar-refractivity contribution in [1.82, 2.24) is 0 Å². The van der Waals surface area contributed by atoms with E-state index in [4.69, 9.17) is 9.78 Å². The molecule has 0 atom stereocenters. The topological polar surface area (TPSA) is 18.5 Å². The molecule has 2 heteroatoms. The second-order valence-corrected chi connectivity index (χ2v) is 2.85. The summed E-state index contributed by atoms with van der Waals surface area (Å²) in [4.78, 5) is 9.60. The van der Waals surface area contributed by atoms with Gasteiger partial charge in [0.1, 0.15) is 6.61 Å². The molecule has 0 aliphatic carbocycles. The van der Waals surface area contributed by atoms with Crippen LogP contribution in [0.5, 0.6) is 0 Å². The van der Waals surface area contributed by atoms with Gasteiger partial charge in [-0.15, -0.1) is 0 Å². The summed E-state index contributed by atoms with van der Waals surface area (Å²) >= 11 is 0. The summed E-state index contributed by atoms with van der Waals surface area (Å²) in [6.45, 7) is 7.42. The summed E-state index contributed by atoms with van der Waals surface area (Å²) in [5.74, 6) is 0. The SMILES string of the molecule is CCCC/C(C)=C/COOCC.